The molecule has 0 aromatic heterocycles. The van der Waals surface area contributed by atoms with Crippen molar-refractivity contribution in [2.45, 2.75) is 77.6 Å². The summed E-state index contributed by atoms with van der Waals surface area (Å²) < 4.78 is 11.8. The lowest BCUT2D eigenvalue weighted by Gasteiger charge is -2.13. The van der Waals surface area contributed by atoms with Crippen LogP contribution in [0.1, 0.15) is 59.3 Å². The van der Waals surface area contributed by atoms with E-state index in [-0.39, 0.29) is 6.10 Å². The highest BCUT2D eigenvalue weighted by atomic mass is 16.6. The van der Waals surface area contributed by atoms with E-state index in [2.05, 4.69) is 32.9 Å². The molecular formula is C19H28O2. The van der Waals surface area contributed by atoms with E-state index in [1.807, 2.05) is 0 Å². The summed E-state index contributed by atoms with van der Waals surface area (Å²) in [6, 6.07) is 0. The molecule has 2 heterocycles. The maximum atomic E-state index is 5.97. The van der Waals surface area contributed by atoms with Crippen molar-refractivity contribution < 1.29 is 9.47 Å². The van der Waals surface area contributed by atoms with Crippen LogP contribution in [0, 0.1) is 0 Å². The van der Waals surface area contributed by atoms with Crippen molar-refractivity contribution >= 4 is 0 Å². The molecule has 0 unspecified atom stereocenters. The van der Waals surface area contributed by atoms with Gasteiger partial charge in [0.25, 0.3) is 0 Å². The maximum Gasteiger partial charge on any atom is 0.0977 e. The third-order valence-electron chi connectivity index (χ3n) is 5.05. The summed E-state index contributed by atoms with van der Waals surface area (Å²) in [7, 11) is 0. The van der Waals surface area contributed by atoms with Gasteiger partial charge in [-0.05, 0) is 70.4 Å². The van der Waals surface area contributed by atoms with Crippen molar-refractivity contribution in [3.05, 3.63) is 34.4 Å². The Morgan fingerprint density at radius 3 is 2.62 bits per heavy atom. The molecule has 3 atom stereocenters. The van der Waals surface area contributed by atoms with E-state index in [1.165, 1.54) is 41.6 Å². The molecule has 0 aromatic rings. The predicted octanol–water partition coefficient (Wildman–Crippen LogP) is 4.72. The van der Waals surface area contributed by atoms with Crippen LogP contribution < -0.4 is 0 Å². The van der Waals surface area contributed by atoms with E-state index in [4.69, 9.17) is 9.47 Å². The van der Waals surface area contributed by atoms with E-state index in [0.717, 1.165) is 25.9 Å². The molecule has 1 aliphatic carbocycles. The van der Waals surface area contributed by atoms with Gasteiger partial charge in [0, 0.05) is 0 Å². The molecule has 2 nitrogen and oxygen atoms in total. The second-order valence-corrected chi connectivity index (χ2v) is 6.93. The van der Waals surface area contributed by atoms with Crippen LogP contribution in [0.25, 0.3) is 0 Å². The minimum Gasteiger partial charge on any atom is -0.370 e. The molecule has 0 amide bonds. The van der Waals surface area contributed by atoms with Gasteiger partial charge in [-0.3, -0.25) is 0 Å². The van der Waals surface area contributed by atoms with E-state index in [1.54, 1.807) is 0 Å². The van der Waals surface area contributed by atoms with E-state index in [9.17, 15) is 0 Å². The highest BCUT2D eigenvalue weighted by Gasteiger charge is 2.37. The number of epoxide rings is 1. The Labute approximate surface area is 128 Å². The summed E-state index contributed by atoms with van der Waals surface area (Å²) >= 11 is 0. The van der Waals surface area contributed by atoms with Gasteiger partial charge in [-0.25, -0.2) is 0 Å². The van der Waals surface area contributed by atoms with Crippen molar-refractivity contribution in [1.82, 2.24) is 0 Å². The van der Waals surface area contributed by atoms with Crippen molar-refractivity contribution in [3.63, 3.8) is 0 Å². The van der Waals surface area contributed by atoms with Crippen molar-refractivity contribution in [1.29, 1.82) is 0 Å². The SMILES string of the molecule is CC1=C2CC/C(C)=C\CC[C@H]3O[C@H]3CC/C(C)=C/[C@@H]2OC1. The molecule has 2 aliphatic heterocycles. The molecule has 0 bridgehead atoms. The molecule has 0 saturated carbocycles. The second-order valence-electron chi connectivity index (χ2n) is 6.93. The van der Waals surface area contributed by atoms with E-state index >= 15 is 0 Å². The summed E-state index contributed by atoms with van der Waals surface area (Å²) in [4.78, 5) is 0. The van der Waals surface area contributed by atoms with Gasteiger partial charge in [-0.2, -0.15) is 0 Å². The van der Waals surface area contributed by atoms with Gasteiger partial charge in [-0.1, -0.05) is 23.3 Å². The van der Waals surface area contributed by atoms with Crippen molar-refractivity contribution in [3.8, 4) is 0 Å². The molecule has 2 heteroatoms. The van der Waals surface area contributed by atoms with Gasteiger partial charge < -0.3 is 9.47 Å². The molecular weight excluding hydrogens is 260 g/mol. The highest BCUT2D eigenvalue weighted by molar-refractivity contribution is 5.28. The summed E-state index contributed by atoms with van der Waals surface area (Å²) in [5.41, 5.74) is 5.91. The topological polar surface area (TPSA) is 21.8 Å². The van der Waals surface area contributed by atoms with Gasteiger partial charge in [-0.15, -0.1) is 0 Å². The molecule has 3 aliphatic rings. The average Bonchev–Trinajstić information content (AvgIpc) is 3.11. The maximum absolute atomic E-state index is 5.97. The smallest absolute Gasteiger partial charge is 0.0977 e. The molecule has 1 saturated heterocycles. The normalized spacial score (nSPS) is 39.5. The number of fused-ring (bicyclic) bond motifs is 2. The fourth-order valence-electron chi connectivity index (χ4n) is 3.48. The third-order valence-corrected chi connectivity index (χ3v) is 5.05. The molecule has 0 aromatic carbocycles. The fourth-order valence-corrected chi connectivity index (χ4v) is 3.48. The van der Waals surface area contributed by atoms with Crippen LogP contribution in [-0.4, -0.2) is 24.9 Å². The molecule has 1 fully saturated rings. The number of hydrogen-bond donors (Lipinski definition) is 0. The molecule has 0 radical (unpaired) electrons. The minimum atomic E-state index is 0.219. The highest BCUT2D eigenvalue weighted by Crippen LogP contribution is 2.34. The summed E-state index contributed by atoms with van der Waals surface area (Å²) in [5.74, 6) is 0. The Morgan fingerprint density at radius 2 is 1.76 bits per heavy atom. The summed E-state index contributed by atoms with van der Waals surface area (Å²) in [6.45, 7) is 7.53. The summed E-state index contributed by atoms with van der Waals surface area (Å²) in [5, 5.41) is 0. The Morgan fingerprint density at radius 1 is 0.952 bits per heavy atom. The summed E-state index contributed by atoms with van der Waals surface area (Å²) in [6.07, 6.45) is 13.0. The van der Waals surface area contributed by atoms with Gasteiger partial charge in [0.05, 0.1) is 24.9 Å². The fraction of sp³-hybridized carbons (Fsp3) is 0.684. The molecule has 21 heavy (non-hydrogen) atoms. The first-order chi connectivity index (χ1) is 10.1. The average molecular weight is 288 g/mol. The molecule has 0 N–H and O–H groups in total. The molecule has 3 rings (SSSR count). The van der Waals surface area contributed by atoms with Gasteiger partial charge >= 0.3 is 0 Å². The second kappa shape index (κ2) is 6.50. The van der Waals surface area contributed by atoms with Crippen LogP contribution in [0.4, 0.5) is 0 Å². The number of allylic oxidation sites excluding steroid dienone is 3. The Hall–Kier alpha value is -0.860. The van der Waals surface area contributed by atoms with Crippen molar-refractivity contribution in [2.24, 2.45) is 0 Å². The Kier molecular flexibility index (Phi) is 4.66. The number of ether oxygens (including phenoxy) is 2. The largest absolute Gasteiger partial charge is 0.370 e. The lowest BCUT2D eigenvalue weighted by molar-refractivity contribution is 0.150. The van der Waals surface area contributed by atoms with Crippen LogP contribution in [0.5, 0.6) is 0 Å². The molecule has 0 spiro atoms. The van der Waals surface area contributed by atoms with Crippen LogP contribution in [-0.2, 0) is 9.47 Å². The first kappa shape index (κ1) is 15.1. The van der Waals surface area contributed by atoms with Crippen LogP contribution in [0.15, 0.2) is 34.4 Å². The minimum absolute atomic E-state index is 0.219. The zero-order valence-corrected chi connectivity index (χ0v) is 13.7. The van der Waals surface area contributed by atoms with Crippen LogP contribution >= 0.6 is 0 Å². The lowest BCUT2D eigenvalue weighted by atomic mass is 9.95. The Bertz CT molecular complexity index is 484. The third kappa shape index (κ3) is 3.87. The zero-order valence-electron chi connectivity index (χ0n) is 13.7. The quantitative estimate of drug-likeness (QED) is 0.475. The monoisotopic (exact) mass is 288 g/mol. The van der Waals surface area contributed by atoms with E-state index < -0.39 is 0 Å². The molecule has 116 valence electrons. The first-order valence-corrected chi connectivity index (χ1v) is 8.42. The van der Waals surface area contributed by atoms with Crippen LogP contribution in [0.2, 0.25) is 0 Å². The van der Waals surface area contributed by atoms with Crippen LogP contribution in [0.3, 0.4) is 0 Å². The van der Waals surface area contributed by atoms with Crippen molar-refractivity contribution in [2.75, 3.05) is 6.61 Å². The van der Waals surface area contributed by atoms with Gasteiger partial charge in [0.15, 0.2) is 0 Å². The predicted molar refractivity (Wildman–Crippen MR) is 86.3 cm³/mol. The standard InChI is InChI=1S/C19H28O2/c1-13-5-4-6-17-18(21-17)10-8-14(2)11-19-16(9-7-13)15(3)12-20-19/h5,11,17-19H,4,6-10,12H2,1-3H3/b13-5-,14-11+/t17-,18+,19+/m1/s1. The number of hydrogen-bond acceptors (Lipinski definition) is 2. The first-order valence-electron chi connectivity index (χ1n) is 8.42. The van der Waals surface area contributed by atoms with Gasteiger partial charge in [0.1, 0.15) is 0 Å². The zero-order chi connectivity index (χ0) is 14.8. The van der Waals surface area contributed by atoms with Gasteiger partial charge in [0.2, 0.25) is 0 Å². The number of rotatable bonds is 0. The Balaban J connectivity index is 1.74. The van der Waals surface area contributed by atoms with E-state index in [0.29, 0.717) is 12.2 Å². The lowest BCUT2D eigenvalue weighted by Crippen LogP contribution is -2.08.